The highest BCUT2D eigenvalue weighted by Crippen LogP contribution is 2.36. The third kappa shape index (κ3) is 1.75. The molecule has 0 bridgehead atoms. The van der Waals surface area contributed by atoms with Gasteiger partial charge in [0.25, 0.3) is 0 Å². The van der Waals surface area contributed by atoms with Gasteiger partial charge < -0.3 is 4.57 Å². The number of hydrogen-bond donors (Lipinski definition) is 1. The van der Waals surface area contributed by atoms with E-state index < -0.39 is 0 Å². The summed E-state index contributed by atoms with van der Waals surface area (Å²) in [6.07, 6.45) is 5.96. The van der Waals surface area contributed by atoms with Crippen LogP contribution in [0.5, 0.6) is 0 Å². The summed E-state index contributed by atoms with van der Waals surface area (Å²) in [5, 5.41) is 7.81. The van der Waals surface area contributed by atoms with Crippen LogP contribution >= 0.6 is 24.0 Å². The minimum atomic E-state index is 0.568. The van der Waals surface area contributed by atoms with Crippen molar-refractivity contribution in [3.8, 4) is 0 Å². The van der Waals surface area contributed by atoms with Crippen LogP contribution in [0.3, 0.4) is 0 Å². The number of rotatable bonds is 2. The molecule has 1 saturated carbocycles. The summed E-state index contributed by atoms with van der Waals surface area (Å²) in [6, 6.07) is 0.568. The van der Waals surface area contributed by atoms with Crippen molar-refractivity contribution in [3.63, 3.8) is 0 Å². The van der Waals surface area contributed by atoms with E-state index in [1.807, 2.05) is 18.7 Å². The minimum absolute atomic E-state index is 0.568. The molecule has 1 N–H and O–H groups in total. The molecule has 2 unspecified atom stereocenters. The number of aryl methyl sites for hydroxylation is 1. The van der Waals surface area contributed by atoms with Crippen molar-refractivity contribution in [1.29, 1.82) is 0 Å². The first-order valence-corrected chi connectivity index (χ1v) is 6.58. The molecular weight excluding hydrogens is 214 g/mol. The highest BCUT2D eigenvalue weighted by molar-refractivity contribution is 7.99. The molecule has 1 aromatic heterocycles. The van der Waals surface area contributed by atoms with E-state index >= 15 is 0 Å². The molecule has 2 rings (SSSR count). The molecule has 3 nitrogen and oxygen atoms in total. The fraction of sp³-hybridized carbons (Fsp3) is 0.778. The van der Waals surface area contributed by atoms with Gasteiger partial charge in [-0.2, -0.15) is 16.9 Å². The van der Waals surface area contributed by atoms with Gasteiger partial charge in [-0.15, -0.1) is 0 Å². The Bertz CT molecular complexity index is 368. The van der Waals surface area contributed by atoms with E-state index in [0.717, 1.165) is 15.8 Å². The fourth-order valence-electron chi connectivity index (χ4n) is 2.18. The van der Waals surface area contributed by atoms with Crippen molar-refractivity contribution < 1.29 is 0 Å². The first-order valence-electron chi connectivity index (χ1n) is 4.88. The van der Waals surface area contributed by atoms with Crippen molar-refractivity contribution in [3.05, 3.63) is 10.6 Å². The monoisotopic (exact) mass is 229 g/mol. The van der Waals surface area contributed by atoms with Gasteiger partial charge in [0.15, 0.2) is 4.77 Å². The quantitative estimate of drug-likeness (QED) is 0.792. The van der Waals surface area contributed by atoms with Gasteiger partial charge in [-0.25, -0.2) is 0 Å². The lowest BCUT2D eigenvalue weighted by Gasteiger charge is -2.12. The zero-order valence-corrected chi connectivity index (χ0v) is 10.1. The molecule has 5 heteroatoms. The number of hydrogen-bond acceptors (Lipinski definition) is 3. The number of thioether (sulfide) groups is 1. The Morgan fingerprint density at radius 1 is 1.57 bits per heavy atom. The third-order valence-corrected chi connectivity index (χ3v) is 4.32. The topological polar surface area (TPSA) is 33.6 Å². The van der Waals surface area contributed by atoms with E-state index in [-0.39, 0.29) is 0 Å². The molecule has 78 valence electrons. The first-order chi connectivity index (χ1) is 6.72. The molecule has 2 atom stereocenters. The summed E-state index contributed by atoms with van der Waals surface area (Å²) in [4.78, 5) is 0. The van der Waals surface area contributed by atoms with Gasteiger partial charge in [-0.05, 0) is 44.7 Å². The van der Waals surface area contributed by atoms with Crippen molar-refractivity contribution in [2.75, 3.05) is 6.26 Å². The Hall–Kier alpha value is -0.290. The average Bonchev–Trinajstić information content (AvgIpc) is 2.73. The van der Waals surface area contributed by atoms with Crippen LogP contribution in [0.4, 0.5) is 0 Å². The number of aromatic amines is 1. The van der Waals surface area contributed by atoms with Crippen LogP contribution < -0.4 is 0 Å². The molecule has 0 spiro atoms. The lowest BCUT2D eigenvalue weighted by atomic mass is 10.2. The molecule has 1 aliphatic rings. The summed E-state index contributed by atoms with van der Waals surface area (Å²) in [5.41, 5.74) is 0. The standard InChI is InChI=1S/C9H15N3S2/c1-6-10-11-9(13)12(6)7-3-4-8(5-7)14-2/h7-8H,3-5H2,1-2H3,(H,11,13). The van der Waals surface area contributed by atoms with Crippen LogP contribution in [0.25, 0.3) is 0 Å². The number of H-pyrrole nitrogens is 1. The van der Waals surface area contributed by atoms with Crippen molar-refractivity contribution in [2.24, 2.45) is 0 Å². The van der Waals surface area contributed by atoms with Crippen LogP contribution in [0.1, 0.15) is 31.1 Å². The maximum Gasteiger partial charge on any atom is 0.195 e. The molecule has 14 heavy (non-hydrogen) atoms. The summed E-state index contributed by atoms with van der Waals surface area (Å²) >= 11 is 7.19. The van der Waals surface area contributed by atoms with Gasteiger partial charge in [-0.3, -0.25) is 5.10 Å². The molecule has 0 aliphatic heterocycles. The van der Waals surface area contributed by atoms with Gasteiger partial charge in [0.1, 0.15) is 5.82 Å². The van der Waals surface area contributed by atoms with E-state index in [2.05, 4.69) is 21.0 Å². The molecule has 0 saturated heterocycles. The zero-order valence-electron chi connectivity index (χ0n) is 8.49. The average molecular weight is 229 g/mol. The molecule has 1 aliphatic carbocycles. The Morgan fingerprint density at radius 3 is 2.86 bits per heavy atom. The van der Waals surface area contributed by atoms with Crippen LogP contribution in [0.15, 0.2) is 0 Å². The maximum atomic E-state index is 5.22. The molecule has 1 aromatic rings. The minimum Gasteiger partial charge on any atom is -0.301 e. The van der Waals surface area contributed by atoms with Gasteiger partial charge in [0, 0.05) is 11.3 Å². The first kappa shape index (κ1) is 10.2. The van der Waals surface area contributed by atoms with Crippen LogP contribution in [-0.2, 0) is 0 Å². The Kier molecular flexibility index (Phi) is 2.97. The number of nitrogens with one attached hydrogen (secondary N) is 1. The summed E-state index contributed by atoms with van der Waals surface area (Å²) in [7, 11) is 0. The predicted molar refractivity (Wildman–Crippen MR) is 62.3 cm³/mol. The number of nitrogens with zero attached hydrogens (tertiary/aromatic N) is 2. The summed E-state index contributed by atoms with van der Waals surface area (Å²) in [6.45, 7) is 2.01. The summed E-state index contributed by atoms with van der Waals surface area (Å²) in [5.74, 6) is 1.02. The lowest BCUT2D eigenvalue weighted by molar-refractivity contribution is 0.501. The molecule has 1 heterocycles. The van der Waals surface area contributed by atoms with E-state index in [1.165, 1.54) is 19.3 Å². The second-order valence-electron chi connectivity index (χ2n) is 3.77. The van der Waals surface area contributed by atoms with E-state index in [0.29, 0.717) is 6.04 Å². The Balaban J connectivity index is 2.21. The molecule has 0 aromatic carbocycles. The van der Waals surface area contributed by atoms with Crippen molar-refractivity contribution >= 4 is 24.0 Å². The highest BCUT2D eigenvalue weighted by atomic mass is 32.2. The van der Waals surface area contributed by atoms with E-state index in [4.69, 9.17) is 12.2 Å². The SMILES string of the molecule is CSC1CCC(n2c(C)n[nH]c2=S)C1. The van der Waals surface area contributed by atoms with E-state index in [9.17, 15) is 0 Å². The van der Waals surface area contributed by atoms with Crippen LogP contribution in [0.2, 0.25) is 0 Å². The molecule has 0 amide bonds. The zero-order chi connectivity index (χ0) is 10.1. The summed E-state index contributed by atoms with van der Waals surface area (Å²) < 4.78 is 2.94. The van der Waals surface area contributed by atoms with Gasteiger partial charge >= 0.3 is 0 Å². The van der Waals surface area contributed by atoms with E-state index in [1.54, 1.807) is 0 Å². The second kappa shape index (κ2) is 4.06. The fourth-order valence-corrected chi connectivity index (χ4v) is 3.29. The van der Waals surface area contributed by atoms with Crippen molar-refractivity contribution in [2.45, 2.75) is 37.5 Å². The predicted octanol–water partition coefficient (Wildman–Crippen LogP) is 2.71. The van der Waals surface area contributed by atoms with Crippen LogP contribution in [0, 0.1) is 11.7 Å². The Labute approximate surface area is 93.3 Å². The highest BCUT2D eigenvalue weighted by Gasteiger charge is 2.26. The normalized spacial score (nSPS) is 27.0. The molecule has 0 radical (unpaired) electrons. The smallest absolute Gasteiger partial charge is 0.195 e. The van der Waals surface area contributed by atoms with Gasteiger partial charge in [0.05, 0.1) is 0 Å². The third-order valence-electron chi connectivity index (χ3n) is 2.94. The maximum absolute atomic E-state index is 5.22. The van der Waals surface area contributed by atoms with Gasteiger partial charge in [0.2, 0.25) is 0 Å². The molecular formula is C9H15N3S2. The van der Waals surface area contributed by atoms with Crippen LogP contribution in [-0.4, -0.2) is 26.3 Å². The molecule has 1 fully saturated rings. The second-order valence-corrected chi connectivity index (χ2v) is 5.30. The number of aromatic nitrogens is 3. The van der Waals surface area contributed by atoms with Gasteiger partial charge in [-0.1, -0.05) is 0 Å². The lowest BCUT2D eigenvalue weighted by Crippen LogP contribution is -2.08. The van der Waals surface area contributed by atoms with Crippen molar-refractivity contribution in [1.82, 2.24) is 14.8 Å². The largest absolute Gasteiger partial charge is 0.301 e. The Morgan fingerprint density at radius 2 is 2.36 bits per heavy atom.